The minimum atomic E-state index is 0.0251. The third-order valence-electron chi connectivity index (χ3n) is 3.50. The molecule has 3 nitrogen and oxygen atoms in total. The van der Waals surface area contributed by atoms with Crippen molar-refractivity contribution < 1.29 is 4.74 Å². The number of hydrogen-bond acceptors (Lipinski definition) is 3. The van der Waals surface area contributed by atoms with Gasteiger partial charge in [0.05, 0.1) is 6.61 Å². The first-order valence-electron chi connectivity index (χ1n) is 6.80. The van der Waals surface area contributed by atoms with Crippen molar-refractivity contribution in [2.75, 3.05) is 19.7 Å². The second-order valence-electron chi connectivity index (χ2n) is 5.66. The molecule has 0 amide bonds. The number of fused-ring (bicyclic) bond motifs is 1. The maximum Gasteiger partial charge on any atom is 0.122 e. The molecule has 3 heteroatoms. The first kappa shape index (κ1) is 13.4. The zero-order valence-corrected chi connectivity index (χ0v) is 11.5. The van der Waals surface area contributed by atoms with Crippen LogP contribution in [0.5, 0.6) is 5.75 Å². The van der Waals surface area contributed by atoms with Gasteiger partial charge in [0.25, 0.3) is 0 Å². The smallest absolute Gasteiger partial charge is 0.122 e. The summed E-state index contributed by atoms with van der Waals surface area (Å²) in [6, 6.07) is 6.56. The molecule has 1 aromatic rings. The molecule has 0 atom stereocenters. The fourth-order valence-electron chi connectivity index (χ4n) is 2.19. The summed E-state index contributed by atoms with van der Waals surface area (Å²) in [5.74, 6) is 1.07. The van der Waals surface area contributed by atoms with Crippen LogP contribution >= 0.6 is 0 Å². The van der Waals surface area contributed by atoms with Crippen LogP contribution in [0.4, 0.5) is 0 Å². The Balaban J connectivity index is 1.90. The van der Waals surface area contributed by atoms with Crippen LogP contribution in [0.15, 0.2) is 18.2 Å². The van der Waals surface area contributed by atoms with Crippen molar-refractivity contribution in [1.29, 1.82) is 0 Å². The Labute approximate surface area is 110 Å². The third kappa shape index (κ3) is 3.47. The van der Waals surface area contributed by atoms with Crippen LogP contribution in [0.25, 0.3) is 0 Å². The second-order valence-corrected chi connectivity index (χ2v) is 5.66. The van der Waals surface area contributed by atoms with Gasteiger partial charge < -0.3 is 15.8 Å². The topological polar surface area (TPSA) is 47.3 Å². The summed E-state index contributed by atoms with van der Waals surface area (Å²) < 4.78 is 5.62. The number of nitrogens with one attached hydrogen (secondary N) is 1. The lowest BCUT2D eigenvalue weighted by Crippen LogP contribution is -2.46. The van der Waals surface area contributed by atoms with Gasteiger partial charge in [-0.3, -0.25) is 0 Å². The van der Waals surface area contributed by atoms with Crippen LogP contribution in [0, 0.1) is 0 Å². The molecule has 100 valence electrons. The maximum atomic E-state index is 5.70. The van der Waals surface area contributed by atoms with E-state index in [-0.39, 0.29) is 5.54 Å². The Kier molecular flexibility index (Phi) is 4.25. The number of ether oxygens (including phenoxy) is 1. The predicted molar refractivity (Wildman–Crippen MR) is 75.1 cm³/mol. The van der Waals surface area contributed by atoms with Gasteiger partial charge in [-0.15, -0.1) is 0 Å². The molecule has 0 bridgehead atoms. The van der Waals surface area contributed by atoms with Gasteiger partial charge in [0.1, 0.15) is 5.75 Å². The summed E-state index contributed by atoms with van der Waals surface area (Å²) in [6.07, 6.45) is 3.32. The van der Waals surface area contributed by atoms with E-state index in [0.717, 1.165) is 38.2 Å². The summed E-state index contributed by atoms with van der Waals surface area (Å²) in [5, 5.41) is 3.48. The summed E-state index contributed by atoms with van der Waals surface area (Å²) in [4.78, 5) is 0. The molecule has 2 rings (SSSR count). The van der Waals surface area contributed by atoms with Gasteiger partial charge in [0.15, 0.2) is 0 Å². The number of nitrogens with two attached hydrogens (primary N) is 1. The van der Waals surface area contributed by atoms with Crippen LogP contribution < -0.4 is 15.8 Å². The number of hydrogen-bond donors (Lipinski definition) is 2. The highest BCUT2D eigenvalue weighted by atomic mass is 16.5. The van der Waals surface area contributed by atoms with Gasteiger partial charge in [-0.1, -0.05) is 12.1 Å². The van der Waals surface area contributed by atoms with E-state index >= 15 is 0 Å². The standard InChI is InChI=1S/C15H24N2O/c1-15(2,11-16)17-8-7-12-5-6-14-13(10-12)4-3-9-18-14/h5-6,10,17H,3-4,7-9,11,16H2,1-2H3. The summed E-state index contributed by atoms with van der Waals surface area (Å²) in [5.41, 5.74) is 8.46. The van der Waals surface area contributed by atoms with Crippen LogP contribution in [0.1, 0.15) is 31.4 Å². The van der Waals surface area contributed by atoms with Crippen molar-refractivity contribution in [3.8, 4) is 5.75 Å². The molecule has 0 aliphatic carbocycles. The molecule has 0 fully saturated rings. The first-order chi connectivity index (χ1) is 8.61. The number of benzene rings is 1. The van der Waals surface area contributed by atoms with Crippen molar-refractivity contribution in [2.45, 2.75) is 38.6 Å². The SMILES string of the molecule is CC(C)(CN)NCCc1ccc2c(c1)CCCO2. The fraction of sp³-hybridized carbons (Fsp3) is 0.600. The molecule has 1 heterocycles. The zero-order valence-electron chi connectivity index (χ0n) is 11.5. The highest BCUT2D eigenvalue weighted by molar-refractivity contribution is 5.38. The molecule has 0 saturated carbocycles. The number of rotatable bonds is 5. The molecule has 18 heavy (non-hydrogen) atoms. The molecule has 1 aromatic carbocycles. The van der Waals surface area contributed by atoms with Crippen LogP contribution in [-0.4, -0.2) is 25.2 Å². The molecule has 0 radical (unpaired) electrons. The van der Waals surface area contributed by atoms with Gasteiger partial charge in [-0.25, -0.2) is 0 Å². The lowest BCUT2D eigenvalue weighted by molar-refractivity contribution is 0.288. The Morgan fingerprint density at radius 3 is 3.00 bits per heavy atom. The maximum absolute atomic E-state index is 5.70. The van der Waals surface area contributed by atoms with Crippen LogP contribution in [0.3, 0.4) is 0 Å². The van der Waals surface area contributed by atoms with Gasteiger partial charge in [-0.2, -0.15) is 0 Å². The van der Waals surface area contributed by atoms with Gasteiger partial charge in [0.2, 0.25) is 0 Å². The van der Waals surface area contributed by atoms with E-state index in [1.54, 1.807) is 0 Å². The van der Waals surface area contributed by atoms with E-state index in [1.165, 1.54) is 11.1 Å². The molecule has 0 saturated heterocycles. The second kappa shape index (κ2) is 5.72. The highest BCUT2D eigenvalue weighted by Gasteiger charge is 2.14. The Hall–Kier alpha value is -1.06. The quantitative estimate of drug-likeness (QED) is 0.836. The highest BCUT2D eigenvalue weighted by Crippen LogP contribution is 2.25. The van der Waals surface area contributed by atoms with E-state index in [4.69, 9.17) is 10.5 Å². The average molecular weight is 248 g/mol. The summed E-state index contributed by atoms with van der Waals surface area (Å²) >= 11 is 0. The average Bonchev–Trinajstić information content (AvgIpc) is 2.38. The van der Waals surface area contributed by atoms with Crippen molar-refractivity contribution in [3.05, 3.63) is 29.3 Å². The normalized spacial score (nSPS) is 15.1. The first-order valence-corrected chi connectivity index (χ1v) is 6.80. The zero-order chi connectivity index (χ0) is 13.0. The minimum absolute atomic E-state index is 0.0251. The molecule has 1 aliphatic rings. The van der Waals surface area contributed by atoms with E-state index in [1.807, 2.05) is 0 Å². The summed E-state index contributed by atoms with van der Waals surface area (Å²) in [7, 11) is 0. The van der Waals surface area contributed by atoms with Crippen molar-refractivity contribution >= 4 is 0 Å². The molecule has 1 aliphatic heterocycles. The van der Waals surface area contributed by atoms with E-state index < -0.39 is 0 Å². The van der Waals surface area contributed by atoms with Crippen LogP contribution in [0.2, 0.25) is 0 Å². The summed E-state index contributed by atoms with van der Waals surface area (Å²) in [6.45, 7) is 6.74. The number of aryl methyl sites for hydroxylation is 1. The van der Waals surface area contributed by atoms with E-state index in [2.05, 4.69) is 37.4 Å². The molecular weight excluding hydrogens is 224 g/mol. The Bertz CT molecular complexity index is 401. The lowest BCUT2D eigenvalue weighted by Gasteiger charge is -2.24. The molecular formula is C15H24N2O. The fourth-order valence-corrected chi connectivity index (χ4v) is 2.19. The van der Waals surface area contributed by atoms with Gasteiger partial charge >= 0.3 is 0 Å². The Morgan fingerprint density at radius 1 is 1.39 bits per heavy atom. The van der Waals surface area contributed by atoms with Crippen molar-refractivity contribution in [2.24, 2.45) is 5.73 Å². The van der Waals surface area contributed by atoms with E-state index in [0.29, 0.717) is 6.54 Å². The van der Waals surface area contributed by atoms with Gasteiger partial charge in [0, 0.05) is 12.1 Å². The van der Waals surface area contributed by atoms with Crippen molar-refractivity contribution in [3.63, 3.8) is 0 Å². The van der Waals surface area contributed by atoms with E-state index in [9.17, 15) is 0 Å². The molecule has 3 N–H and O–H groups in total. The molecule has 0 spiro atoms. The largest absolute Gasteiger partial charge is 0.493 e. The third-order valence-corrected chi connectivity index (χ3v) is 3.50. The predicted octanol–water partition coefficient (Wildman–Crippen LogP) is 1.88. The van der Waals surface area contributed by atoms with Crippen LogP contribution in [-0.2, 0) is 12.8 Å². The molecule has 0 aromatic heterocycles. The monoisotopic (exact) mass is 248 g/mol. The lowest BCUT2D eigenvalue weighted by atomic mass is 10.0. The molecule has 0 unspecified atom stereocenters. The van der Waals surface area contributed by atoms with Crippen molar-refractivity contribution in [1.82, 2.24) is 5.32 Å². The minimum Gasteiger partial charge on any atom is -0.493 e. The van der Waals surface area contributed by atoms with Gasteiger partial charge in [-0.05, 0) is 56.8 Å². The Morgan fingerprint density at radius 2 is 2.22 bits per heavy atom.